The maximum Gasteiger partial charge on any atom is 0.333 e. The van der Waals surface area contributed by atoms with Crippen LogP contribution in [-0.2, 0) is 7.05 Å². The molecule has 1 N–H and O–H groups in total. The van der Waals surface area contributed by atoms with Crippen LogP contribution in [0.15, 0.2) is 16.5 Å². The number of nitro groups is 1. The molecule has 0 saturated carbocycles. The van der Waals surface area contributed by atoms with Crippen molar-refractivity contribution in [3.05, 3.63) is 39.5 Å². The van der Waals surface area contributed by atoms with Gasteiger partial charge in [0.15, 0.2) is 0 Å². The lowest BCUT2D eigenvalue weighted by Crippen LogP contribution is -2.31. The van der Waals surface area contributed by atoms with Crippen molar-refractivity contribution >= 4 is 11.5 Å². The van der Waals surface area contributed by atoms with Crippen LogP contribution >= 0.6 is 0 Å². The van der Waals surface area contributed by atoms with Crippen LogP contribution in [0.1, 0.15) is 36.1 Å². The van der Waals surface area contributed by atoms with Gasteiger partial charge in [-0.05, 0) is 51.9 Å². The highest BCUT2D eigenvalue weighted by Crippen LogP contribution is 2.30. The molecule has 3 heterocycles. The molecule has 1 aliphatic rings. The molecule has 0 aliphatic carbocycles. The van der Waals surface area contributed by atoms with E-state index in [0.717, 1.165) is 24.6 Å². The summed E-state index contributed by atoms with van der Waals surface area (Å²) < 4.78 is 7.35. The fourth-order valence-electron chi connectivity index (χ4n) is 3.35. The van der Waals surface area contributed by atoms with Gasteiger partial charge < -0.3 is 9.73 Å². The summed E-state index contributed by atoms with van der Waals surface area (Å²) in [6.07, 6.45) is 2.34. The fourth-order valence-corrected chi connectivity index (χ4v) is 3.35. The summed E-state index contributed by atoms with van der Waals surface area (Å²) in [5, 5.41) is 18.7. The predicted molar refractivity (Wildman–Crippen MR) is 90.1 cm³/mol. The highest BCUT2D eigenvalue weighted by Gasteiger charge is 2.29. The van der Waals surface area contributed by atoms with Crippen LogP contribution in [0.25, 0.3) is 0 Å². The number of nitrogens with zero attached hydrogens (tertiary/aromatic N) is 4. The fraction of sp³-hybridized carbons (Fsp3) is 0.562. The quantitative estimate of drug-likeness (QED) is 0.646. The topological polar surface area (TPSA) is 89.4 Å². The molecule has 0 unspecified atom stereocenters. The largest absolute Gasteiger partial charge is 0.465 e. The molecular weight excluding hydrogens is 310 g/mol. The van der Waals surface area contributed by atoms with Gasteiger partial charge in [0.05, 0.1) is 11.0 Å². The van der Waals surface area contributed by atoms with Crippen molar-refractivity contribution < 1.29 is 9.34 Å². The number of furan rings is 1. The van der Waals surface area contributed by atoms with Gasteiger partial charge in [0.2, 0.25) is 5.82 Å². The number of aryl methyl sites for hydroxylation is 3. The second-order valence-electron chi connectivity index (χ2n) is 6.25. The van der Waals surface area contributed by atoms with Crippen LogP contribution in [0.4, 0.5) is 11.5 Å². The molecule has 24 heavy (non-hydrogen) atoms. The van der Waals surface area contributed by atoms with E-state index in [4.69, 9.17) is 4.42 Å². The Labute approximate surface area is 140 Å². The molecule has 1 saturated heterocycles. The first kappa shape index (κ1) is 16.5. The molecule has 1 fully saturated rings. The number of aromatic nitrogens is 2. The Morgan fingerprint density at radius 3 is 2.67 bits per heavy atom. The highest BCUT2D eigenvalue weighted by atomic mass is 16.6. The van der Waals surface area contributed by atoms with E-state index in [-0.39, 0.29) is 16.7 Å². The van der Waals surface area contributed by atoms with Gasteiger partial charge in [-0.3, -0.25) is 15.0 Å². The predicted octanol–water partition coefficient (Wildman–Crippen LogP) is 2.79. The minimum atomic E-state index is -0.382. The van der Waals surface area contributed by atoms with Gasteiger partial charge in [0.1, 0.15) is 17.2 Å². The number of hydrogen-bond donors (Lipinski definition) is 1. The Hall–Kier alpha value is -2.35. The van der Waals surface area contributed by atoms with Gasteiger partial charge in [-0.25, -0.2) is 4.68 Å². The number of nitrogens with one attached hydrogen (secondary N) is 1. The Morgan fingerprint density at radius 2 is 2.08 bits per heavy atom. The van der Waals surface area contributed by atoms with E-state index >= 15 is 0 Å². The number of anilines is 1. The highest BCUT2D eigenvalue weighted by molar-refractivity contribution is 5.59. The van der Waals surface area contributed by atoms with Gasteiger partial charge in [0.25, 0.3) is 0 Å². The maximum atomic E-state index is 11.3. The lowest BCUT2D eigenvalue weighted by atomic mass is 10.2. The van der Waals surface area contributed by atoms with E-state index in [1.54, 1.807) is 14.0 Å². The van der Waals surface area contributed by atoms with Crippen molar-refractivity contribution in [3.63, 3.8) is 0 Å². The minimum Gasteiger partial charge on any atom is -0.465 e. The first-order valence-corrected chi connectivity index (χ1v) is 8.19. The van der Waals surface area contributed by atoms with E-state index in [9.17, 15) is 10.1 Å². The van der Waals surface area contributed by atoms with Gasteiger partial charge >= 0.3 is 5.69 Å². The molecule has 2 aromatic heterocycles. The van der Waals surface area contributed by atoms with Crippen molar-refractivity contribution in [1.82, 2.24) is 14.7 Å². The summed E-state index contributed by atoms with van der Waals surface area (Å²) in [4.78, 5) is 13.3. The Kier molecular flexibility index (Phi) is 4.57. The zero-order valence-electron chi connectivity index (χ0n) is 14.3. The number of rotatable bonds is 6. The molecule has 0 radical (unpaired) electrons. The summed E-state index contributed by atoms with van der Waals surface area (Å²) in [6.45, 7) is 6.13. The molecule has 130 valence electrons. The summed E-state index contributed by atoms with van der Waals surface area (Å²) in [7, 11) is 1.71. The zero-order chi connectivity index (χ0) is 17.3. The van der Waals surface area contributed by atoms with Crippen molar-refractivity contribution in [2.45, 2.75) is 32.7 Å². The third kappa shape index (κ3) is 3.14. The van der Waals surface area contributed by atoms with Gasteiger partial charge in [-0.15, -0.1) is 0 Å². The van der Waals surface area contributed by atoms with E-state index < -0.39 is 0 Å². The molecule has 3 rings (SSSR count). The monoisotopic (exact) mass is 333 g/mol. The first-order chi connectivity index (χ1) is 11.5. The Balaban J connectivity index is 1.83. The standard InChI is InChI=1S/C16H23N5O3/c1-11-6-7-14(24-11)13(20-8-4-5-9-20)10-17-16-15(21(22)23)12(2)18-19(16)3/h6-7,13,17H,4-5,8-10H2,1-3H3/t13-/m1/s1. The molecule has 8 nitrogen and oxygen atoms in total. The third-order valence-electron chi connectivity index (χ3n) is 4.51. The molecule has 0 aromatic carbocycles. The van der Waals surface area contributed by atoms with E-state index in [1.165, 1.54) is 17.5 Å². The van der Waals surface area contributed by atoms with Gasteiger partial charge in [-0.2, -0.15) is 5.10 Å². The van der Waals surface area contributed by atoms with Crippen LogP contribution in [0.2, 0.25) is 0 Å². The van der Waals surface area contributed by atoms with Crippen LogP contribution < -0.4 is 5.32 Å². The molecular formula is C16H23N5O3. The van der Waals surface area contributed by atoms with Crippen molar-refractivity contribution in [2.24, 2.45) is 7.05 Å². The summed E-state index contributed by atoms with van der Waals surface area (Å²) >= 11 is 0. The van der Waals surface area contributed by atoms with Gasteiger partial charge in [0, 0.05) is 13.6 Å². The number of hydrogen-bond acceptors (Lipinski definition) is 6. The lowest BCUT2D eigenvalue weighted by molar-refractivity contribution is -0.384. The lowest BCUT2D eigenvalue weighted by Gasteiger charge is -2.26. The first-order valence-electron chi connectivity index (χ1n) is 8.19. The molecule has 1 aliphatic heterocycles. The SMILES string of the molecule is Cc1ccc([C@@H](CNc2c([N+](=O)[O-])c(C)nn2C)N2CCCC2)o1. The average Bonchev–Trinajstić information content (AvgIpc) is 3.22. The van der Waals surface area contributed by atoms with Crippen LogP contribution in [0, 0.1) is 24.0 Å². The van der Waals surface area contributed by atoms with E-state index in [0.29, 0.717) is 18.1 Å². The third-order valence-corrected chi connectivity index (χ3v) is 4.51. The summed E-state index contributed by atoms with van der Waals surface area (Å²) in [5.74, 6) is 2.20. The molecule has 0 amide bonds. The van der Waals surface area contributed by atoms with Crippen molar-refractivity contribution in [3.8, 4) is 0 Å². The van der Waals surface area contributed by atoms with E-state index in [2.05, 4.69) is 15.3 Å². The van der Waals surface area contributed by atoms with Crippen molar-refractivity contribution in [1.29, 1.82) is 0 Å². The summed E-state index contributed by atoms with van der Waals surface area (Å²) in [5.41, 5.74) is 0.449. The molecule has 2 aromatic rings. The zero-order valence-corrected chi connectivity index (χ0v) is 14.3. The number of likely N-dealkylation sites (tertiary alicyclic amines) is 1. The smallest absolute Gasteiger partial charge is 0.333 e. The van der Waals surface area contributed by atoms with Gasteiger partial charge in [-0.1, -0.05) is 0 Å². The molecule has 0 spiro atoms. The Morgan fingerprint density at radius 1 is 1.38 bits per heavy atom. The minimum absolute atomic E-state index is 0.0355. The van der Waals surface area contributed by atoms with Crippen LogP contribution in [0.3, 0.4) is 0 Å². The molecule has 8 heteroatoms. The average molecular weight is 333 g/mol. The maximum absolute atomic E-state index is 11.3. The van der Waals surface area contributed by atoms with Crippen molar-refractivity contribution in [2.75, 3.05) is 25.0 Å². The van der Waals surface area contributed by atoms with Crippen LogP contribution in [-0.4, -0.2) is 39.2 Å². The Bertz CT molecular complexity index is 730. The normalized spacial score (nSPS) is 16.5. The molecule has 0 bridgehead atoms. The second kappa shape index (κ2) is 6.64. The van der Waals surface area contributed by atoms with Crippen LogP contribution in [0.5, 0.6) is 0 Å². The second-order valence-corrected chi connectivity index (χ2v) is 6.25. The van der Waals surface area contributed by atoms with E-state index in [1.807, 2.05) is 19.1 Å². The molecule has 1 atom stereocenters. The summed E-state index contributed by atoms with van der Waals surface area (Å²) in [6, 6.07) is 3.99.